The highest BCUT2D eigenvalue weighted by Gasteiger charge is 2.19. The summed E-state index contributed by atoms with van der Waals surface area (Å²) in [5.41, 5.74) is 2.39. The second-order valence-corrected chi connectivity index (χ2v) is 6.65. The molecule has 0 spiro atoms. The van der Waals surface area contributed by atoms with Crippen LogP contribution in [-0.4, -0.2) is 10.0 Å². The summed E-state index contributed by atoms with van der Waals surface area (Å²) in [6.07, 6.45) is -0.312. The van der Waals surface area contributed by atoms with Crippen molar-refractivity contribution in [2.45, 2.75) is 18.6 Å². The summed E-state index contributed by atoms with van der Waals surface area (Å²) in [6, 6.07) is 22.9. The van der Waals surface area contributed by atoms with Gasteiger partial charge in [-0.05, 0) is 29.3 Å². The van der Waals surface area contributed by atoms with Gasteiger partial charge in [-0.25, -0.2) is 0 Å². The molecular formula is C21H19ClN2O3. The second kappa shape index (κ2) is 8.66. The van der Waals surface area contributed by atoms with Crippen molar-refractivity contribution in [2.75, 3.05) is 5.32 Å². The lowest BCUT2D eigenvalue weighted by molar-refractivity contribution is -0.384. The Kier molecular flexibility index (Phi) is 6.06. The van der Waals surface area contributed by atoms with E-state index in [1.165, 1.54) is 12.1 Å². The number of non-ortho nitro benzene ring substituents is 1. The number of nitrogens with one attached hydrogen (secondary N) is 1. The SMILES string of the molecule is O=[N+]([O-])c1cccc(NC(CC(O)c2ccc(Cl)cc2)c2ccccc2)c1. The molecule has 0 aliphatic carbocycles. The van der Waals surface area contributed by atoms with Gasteiger partial charge in [-0.2, -0.15) is 0 Å². The predicted molar refractivity (Wildman–Crippen MR) is 107 cm³/mol. The minimum absolute atomic E-state index is 0.0186. The molecular weight excluding hydrogens is 364 g/mol. The van der Waals surface area contributed by atoms with E-state index < -0.39 is 11.0 Å². The third kappa shape index (κ3) is 5.06. The van der Waals surface area contributed by atoms with Gasteiger partial charge in [0, 0.05) is 29.3 Å². The molecule has 0 fully saturated rings. The Morgan fingerprint density at radius 1 is 0.963 bits per heavy atom. The van der Waals surface area contributed by atoms with Gasteiger partial charge in [0.15, 0.2) is 0 Å². The molecule has 138 valence electrons. The molecule has 6 heteroatoms. The normalized spacial score (nSPS) is 13.0. The van der Waals surface area contributed by atoms with E-state index in [0.717, 1.165) is 11.1 Å². The number of nitro groups is 1. The Hall–Kier alpha value is -2.89. The third-order valence-electron chi connectivity index (χ3n) is 4.31. The Bertz CT molecular complexity index is 901. The van der Waals surface area contributed by atoms with Crippen molar-refractivity contribution >= 4 is 23.0 Å². The van der Waals surface area contributed by atoms with E-state index in [2.05, 4.69) is 5.32 Å². The van der Waals surface area contributed by atoms with E-state index >= 15 is 0 Å². The van der Waals surface area contributed by atoms with Crippen LogP contribution < -0.4 is 5.32 Å². The van der Waals surface area contributed by atoms with Gasteiger partial charge in [-0.3, -0.25) is 10.1 Å². The summed E-state index contributed by atoms with van der Waals surface area (Å²) >= 11 is 5.92. The Balaban J connectivity index is 1.84. The molecule has 0 saturated carbocycles. The van der Waals surface area contributed by atoms with Crippen molar-refractivity contribution in [1.29, 1.82) is 0 Å². The fraction of sp³-hybridized carbons (Fsp3) is 0.143. The lowest BCUT2D eigenvalue weighted by atomic mass is 9.96. The van der Waals surface area contributed by atoms with Crippen molar-refractivity contribution in [3.8, 4) is 0 Å². The molecule has 2 atom stereocenters. The van der Waals surface area contributed by atoms with E-state index in [0.29, 0.717) is 17.1 Å². The number of benzene rings is 3. The highest BCUT2D eigenvalue weighted by Crippen LogP contribution is 2.31. The van der Waals surface area contributed by atoms with E-state index in [-0.39, 0.29) is 11.7 Å². The summed E-state index contributed by atoms with van der Waals surface area (Å²) in [4.78, 5) is 10.6. The first-order chi connectivity index (χ1) is 13.0. The number of nitro benzene ring substituents is 1. The monoisotopic (exact) mass is 382 g/mol. The number of nitrogens with zero attached hydrogens (tertiary/aromatic N) is 1. The van der Waals surface area contributed by atoms with Crippen LogP contribution in [0.15, 0.2) is 78.9 Å². The molecule has 0 aliphatic heterocycles. The van der Waals surface area contributed by atoms with Crippen LogP contribution in [0.4, 0.5) is 11.4 Å². The lowest BCUT2D eigenvalue weighted by Gasteiger charge is -2.23. The van der Waals surface area contributed by atoms with Gasteiger partial charge in [0.05, 0.1) is 17.1 Å². The Labute approximate surface area is 162 Å². The standard InChI is InChI=1S/C21H19ClN2O3/c22-17-11-9-16(10-12-17)21(25)14-20(15-5-2-1-3-6-15)23-18-7-4-8-19(13-18)24(26)27/h1-13,20-21,23,25H,14H2. The largest absolute Gasteiger partial charge is 0.388 e. The van der Waals surface area contributed by atoms with Crippen LogP contribution >= 0.6 is 11.6 Å². The summed E-state index contributed by atoms with van der Waals surface area (Å²) in [5, 5.41) is 25.6. The maximum atomic E-state index is 11.0. The minimum atomic E-state index is -0.710. The molecule has 2 N–H and O–H groups in total. The van der Waals surface area contributed by atoms with Gasteiger partial charge in [0.25, 0.3) is 5.69 Å². The smallest absolute Gasteiger partial charge is 0.271 e. The summed E-state index contributed by atoms with van der Waals surface area (Å²) in [7, 11) is 0. The zero-order valence-corrected chi connectivity index (χ0v) is 15.2. The van der Waals surface area contributed by atoms with Gasteiger partial charge in [-0.15, -0.1) is 0 Å². The van der Waals surface area contributed by atoms with Crippen LogP contribution in [0, 0.1) is 10.1 Å². The predicted octanol–water partition coefficient (Wildman–Crippen LogP) is 5.53. The minimum Gasteiger partial charge on any atom is -0.388 e. The highest BCUT2D eigenvalue weighted by atomic mass is 35.5. The number of anilines is 1. The van der Waals surface area contributed by atoms with Crippen molar-refractivity contribution in [3.05, 3.63) is 105 Å². The Morgan fingerprint density at radius 3 is 2.33 bits per heavy atom. The average Bonchev–Trinajstić information content (AvgIpc) is 2.69. The number of halogens is 1. The summed E-state index contributed by atoms with van der Waals surface area (Å²) < 4.78 is 0. The molecule has 0 aromatic heterocycles. The second-order valence-electron chi connectivity index (χ2n) is 6.22. The molecule has 0 amide bonds. The zero-order chi connectivity index (χ0) is 19.2. The molecule has 27 heavy (non-hydrogen) atoms. The molecule has 0 bridgehead atoms. The lowest BCUT2D eigenvalue weighted by Crippen LogP contribution is -2.15. The fourth-order valence-corrected chi connectivity index (χ4v) is 3.04. The molecule has 3 aromatic carbocycles. The van der Waals surface area contributed by atoms with Crippen LogP contribution in [0.25, 0.3) is 0 Å². The molecule has 0 radical (unpaired) electrons. The van der Waals surface area contributed by atoms with E-state index in [4.69, 9.17) is 11.6 Å². The number of hydrogen-bond donors (Lipinski definition) is 2. The zero-order valence-electron chi connectivity index (χ0n) is 14.5. The molecule has 2 unspecified atom stereocenters. The maximum Gasteiger partial charge on any atom is 0.271 e. The van der Waals surface area contributed by atoms with Crippen LogP contribution in [0.2, 0.25) is 5.02 Å². The van der Waals surface area contributed by atoms with Crippen LogP contribution in [-0.2, 0) is 0 Å². The van der Waals surface area contributed by atoms with Crippen LogP contribution in [0.1, 0.15) is 29.7 Å². The van der Waals surface area contributed by atoms with Gasteiger partial charge in [0.2, 0.25) is 0 Å². The molecule has 3 rings (SSSR count). The summed E-state index contributed by atoms with van der Waals surface area (Å²) in [5.74, 6) is 0. The van der Waals surface area contributed by atoms with Crippen molar-refractivity contribution in [3.63, 3.8) is 0 Å². The number of aliphatic hydroxyl groups excluding tert-OH is 1. The first kappa shape index (κ1) is 18.9. The van der Waals surface area contributed by atoms with Gasteiger partial charge < -0.3 is 10.4 Å². The van der Waals surface area contributed by atoms with Crippen molar-refractivity contribution in [1.82, 2.24) is 0 Å². The van der Waals surface area contributed by atoms with Gasteiger partial charge in [0.1, 0.15) is 0 Å². The van der Waals surface area contributed by atoms with E-state index in [1.54, 1.807) is 36.4 Å². The molecule has 3 aromatic rings. The molecule has 0 aliphatic rings. The molecule has 0 saturated heterocycles. The first-order valence-electron chi connectivity index (χ1n) is 8.52. The number of rotatable bonds is 7. The average molecular weight is 383 g/mol. The van der Waals surface area contributed by atoms with Crippen LogP contribution in [0.3, 0.4) is 0 Å². The van der Waals surface area contributed by atoms with Crippen molar-refractivity contribution < 1.29 is 10.0 Å². The highest BCUT2D eigenvalue weighted by molar-refractivity contribution is 6.30. The number of hydrogen-bond acceptors (Lipinski definition) is 4. The first-order valence-corrected chi connectivity index (χ1v) is 8.90. The number of aliphatic hydroxyl groups is 1. The fourth-order valence-electron chi connectivity index (χ4n) is 2.92. The Morgan fingerprint density at radius 2 is 1.67 bits per heavy atom. The topological polar surface area (TPSA) is 75.4 Å². The van der Waals surface area contributed by atoms with Gasteiger partial charge >= 0.3 is 0 Å². The molecule has 5 nitrogen and oxygen atoms in total. The van der Waals surface area contributed by atoms with E-state index in [1.807, 2.05) is 30.3 Å². The third-order valence-corrected chi connectivity index (χ3v) is 4.57. The molecule has 0 heterocycles. The van der Waals surface area contributed by atoms with E-state index in [9.17, 15) is 15.2 Å². The maximum absolute atomic E-state index is 11.0. The summed E-state index contributed by atoms with van der Waals surface area (Å²) in [6.45, 7) is 0. The van der Waals surface area contributed by atoms with Crippen LogP contribution in [0.5, 0.6) is 0 Å². The van der Waals surface area contributed by atoms with Crippen molar-refractivity contribution in [2.24, 2.45) is 0 Å². The van der Waals surface area contributed by atoms with Gasteiger partial charge in [-0.1, -0.05) is 60.1 Å². The quantitative estimate of drug-likeness (QED) is 0.416.